The van der Waals surface area contributed by atoms with Crippen LogP contribution in [0.1, 0.15) is 0 Å². The van der Waals surface area contributed by atoms with Gasteiger partial charge in [0.2, 0.25) is 0 Å². The van der Waals surface area contributed by atoms with Gasteiger partial charge in [0, 0.05) is 6.20 Å². The molecule has 0 unspecified atom stereocenters. The van der Waals surface area contributed by atoms with Crippen LogP contribution in [-0.2, 0) is 0 Å². The third-order valence-corrected chi connectivity index (χ3v) is 2.96. The van der Waals surface area contributed by atoms with E-state index in [0.29, 0.717) is 10.8 Å². The van der Waals surface area contributed by atoms with Crippen molar-refractivity contribution >= 4 is 40.4 Å². The van der Waals surface area contributed by atoms with Gasteiger partial charge in [-0.05, 0) is 18.2 Å². The molecule has 0 aliphatic rings. The summed E-state index contributed by atoms with van der Waals surface area (Å²) >= 11 is 11.7. The molecule has 1 aromatic carbocycles. The highest BCUT2D eigenvalue weighted by molar-refractivity contribution is 6.36. The molecular formula is C12H9Cl2N3O3. The van der Waals surface area contributed by atoms with Gasteiger partial charge in [0.1, 0.15) is 17.3 Å². The van der Waals surface area contributed by atoms with Gasteiger partial charge in [0.15, 0.2) is 0 Å². The smallest absolute Gasteiger partial charge is 0.296 e. The molecule has 0 bridgehead atoms. The summed E-state index contributed by atoms with van der Waals surface area (Å²) in [5, 5.41) is 14.5. The minimum absolute atomic E-state index is 0.142. The third kappa shape index (κ3) is 3.09. The Morgan fingerprint density at radius 2 is 2.10 bits per heavy atom. The van der Waals surface area contributed by atoms with Gasteiger partial charge in [0.05, 0.1) is 28.1 Å². The molecule has 2 rings (SSSR count). The fourth-order valence-corrected chi connectivity index (χ4v) is 1.96. The van der Waals surface area contributed by atoms with Gasteiger partial charge in [-0.15, -0.1) is 0 Å². The average Bonchev–Trinajstić information content (AvgIpc) is 2.42. The van der Waals surface area contributed by atoms with Crippen LogP contribution in [0.3, 0.4) is 0 Å². The lowest BCUT2D eigenvalue weighted by atomic mass is 10.2. The van der Waals surface area contributed by atoms with Crippen molar-refractivity contribution in [1.82, 2.24) is 4.98 Å². The van der Waals surface area contributed by atoms with Crippen molar-refractivity contribution in [2.45, 2.75) is 0 Å². The molecular weight excluding hydrogens is 305 g/mol. The summed E-state index contributed by atoms with van der Waals surface area (Å²) in [7, 11) is 1.43. The number of methoxy groups -OCH3 is 1. The van der Waals surface area contributed by atoms with Crippen molar-refractivity contribution in [3.63, 3.8) is 0 Å². The lowest BCUT2D eigenvalue weighted by molar-refractivity contribution is -0.384. The van der Waals surface area contributed by atoms with Gasteiger partial charge < -0.3 is 10.1 Å². The largest absolute Gasteiger partial charge is 0.496 e. The molecule has 0 atom stereocenters. The van der Waals surface area contributed by atoms with E-state index < -0.39 is 4.92 Å². The van der Waals surface area contributed by atoms with Crippen molar-refractivity contribution in [2.24, 2.45) is 0 Å². The predicted octanol–water partition coefficient (Wildman–Crippen LogP) is 4.05. The van der Waals surface area contributed by atoms with Gasteiger partial charge in [-0.25, -0.2) is 4.98 Å². The Hall–Kier alpha value is -2.05. The quantitative estimate of drug-likeness (QED) is 0.680. The van der Waals surface area contributed by atoms with Crippen LogP contribution in [-0.4, -0.2) is 17.0 Å². The first-order chi connectivity index (χ1) is 9.51. The predicted molar refractivity (Wildman–Crippen MR) is 77.2 cm³/mol. The molecule has 1 heterocycles. The normalized spacial score (nSPS) is 10.2. The fraction of sp³-hybridized carbons (Fsp3) is 0.0833. The van der Waals surface area contributed by atoms with E-state index >= 15 is 0 Å². The zero-order chi connectivity index (χ0) is 14.7. The van der Waals surface area contributed by atoms with Crippen LogP contribution in [0, 0.1) is 10.1 Å². The monoisotopic (exact) mass is 313 g/mol. The zero-order valence-corrected chi connectivity index (χ0v) is 11.8. The molecule has 1 aromatic heterocycles. The maximum atomic E-state index is 11.1. The maximum Gasteiger partial charge on any atom is 0.296 e. The molecule has 6 nitrogen and oxygen atoms in total. The number of hydrogen-bond donors (Lipinski definition) is 1. The van der Waals surface area contributed by atoms with Crippen LogP contribution in [0.5, 0.6) is 5.75 Å². The summed E-state index contributed by atoms with van der Waals surface area (Å²) in [4.78, 5) is 14.5. The van der Waals surface area contributed by atoms with Crippen LogP contribution in [0.15, 0.2) is 30.5 Å². The van der Waals surface area contributed by atoms with Crippen molar-refractivity contribution in [3.05, 3.63) is 50.6 Å². The molecule has 0 saturated carbocycles. The van der Waals surface area contributed by atoms with Crippen LogP contribution < -0.4 is 10.1 Å². The molecule has 0 radical (unpaired) electrons. The lowest BCUT2D eigenvalue weighted by Gasteiger charge is -2.09. The topological polar surface area (TPSA) is 77.3 Å². The number of nitro benzene ring substituents is 1. The molecule has 0 fully saturated rings. The van der Waals surface area contributed by atoms with Gasteiger partial charge in [-0.1, -0.05) is 23.2 Å². The highest BCUT2D eigenvalue weighted by atomic mass is 35.5. The van der Waals surface area contributed by atoms with Crippen LogP contribution in [0.4, 0.5) is 17.2 Å². The highest BCUT2D eigenvalue weighted by Gasteiger charge is 2.16. The second-order valence-electron chi connectivity index (χ2n) is 3.75. The number of pyridine rings is 1. The van der Waals surface area contributed by atoms with E-state index in [1.54, 1.807) is 6.07 Å². The lowest BCUT2D eigenvalue weighted by Crippen LogP contribution is -1.99. The number of aromatic nitrogens is 1. The number of nitrogens with one attached hydrogen (secondary N) is 1. The Labute approximate surface area is 124 Å². The van der Waals surface area contributed by atoms with Crippen LogP contribution in [0.25, 0.3) is 0 Å². The van der Waals surface area contributed by atoms with Gasteiger partial charge in [-0.3, -0.25) is 10.1 Å². The van der Waals surface area contributed by atoms with Crippen molar-refractivity contribution in [3.8, 4) is 5.75 Å². The highest BCUT2D eigenvalue weighted by Crippen LogP contribution is 2.33. The summed E-state index contributed by atoms with van der Waals surface area (Å²) < 4.78 is 4.96. The Bertz CT molecular complexity index is 664. The third-order valence-electron chi connectivity index (χ3n) is 2.46. The van der Waals surface area contributed by atoms with Crippen molar-refractivity contribution < 1.29 is 9.66 Å². The van der Waals surface area contributed by atoms with Crippen molar-refractivity contribution in [2.75, 3.05) is 12.4 Å². The van der Waals surface area contributed by atoms with E-state index in [4.69, 9.17) is 27.9 Å². The zero-order valence-electron chi connectivity index (χ0n) is 10.3. The number of nitro groups is 1. The van der Waals surface area contributed by atoms with Gasteiger partial charge in [0.25, 0.3) is 5.69 Å². The van der Waals surface area contributed by atoms with Gasteiger partial charge in [-0.2, -0.15) is 0 Å². The van der Waals surface area contributed by atoms with E-state index in [1.807, 2.05) is 0 Å². The van der Waals surface area contributed by atoms with E-state index in [-0.39, 0.29) is 22.2 Å². The molecule has 2 aromatic rings. The summed E-state index contributed by atoms with van der Waals surface area (Å²) in [6.45, 7) is 0. The summed E-state index contributed by atoms with van der Waals surface area (Å²) in [6.07, 6.45) is 1.39. The molecule has 0 aliphatic carbocycles. The van der Waals surface area contributed by atoms with Crippen molar-refractivity contribution in [1.29, 1.82) is 0 Å². The van der Waals surface area contributed by atoms with E-state index in [0.717, 1.165) is 0 Å². The number of nitrogens with zero attached hydrogens (tertiary/aromatic N) is 2. The molecule has 0 saturated heterocycles. The molecule has 8 heteroatoms. The maximum absolute atomic E-state index is 11.1. The number of ether oxygens (including phenoxy) is 1. The van der Waals surface area contributed by atoms with E-state index in [1.165, 1.54) is 31.5 Å². The molecule has 0 aliphatic heterocycles. The Morgan fingerprint density at radius 3 is 2.70 bits per heavy atom. The first-order valence-electron chi connectivity index (χ1n) is 5.41. The number of hydrogen-bond acceptors (Lipinski definition) is 5. The average molecular weight is 314 g/mol. The van der Waals surface area contributed by atoms with Gasteiger partial charge >= 0.3 is 0 Å². The first kappa shape index (κ1) is 14.4. The molecule has 104 valence electrons. The fourth-order valence-electron chi connectivity index (χ4n) is 1.53. The molecule has 0 spiro atoms. The SMILES string of the molecule is COc1ccc(Nc2ncc(Cl)cc2Cl)c([N+](=O)[O-])c1. The van der Waals surface area contributed by atoms with E-state index in [9.17, 15) is 10.1 Å². The second kappa shape index (κ2) is 5.94. The summed E-state index contributed by atoms with van der Waals surface area (Å²) in [5.74, 6) is 0.668. The number of anilines is 2. The summed E-state index contributed by atoms with van der Waals surface area (Å²) in [6, 6.07) is 5.92. The number of benzene rings is 1. The first-order valence-corrected chi connectivity index (χ1v) is 6.17. The molecule has 1 N–H and O–H groups in total. The number of halogens is 2. The van der Waals surface area contributed by atoms with Crippen LogP contribution >= 0.6 is 23.2 Å². The molecule has 20 heavy (non-hydrogen) atoms. The second-order valence-corrected chi connectivity index (χ2v) is 4.59. The molecule has 0 amide bonds. The Morgan fingerprint density at radius 1 is 1.35 bits per heavy atom. The van der Waals surface area contributed by atoms with E-state index in [2.05, 4.69) is 10.3 Å². The minimum Gasteiger partial charge on any atom is -0.496 e. The standard InChI is InChI=1S/C12H9Cl2N3O3/c1-20-8-2-3-10(11(5-8)17(18)19)16-12-9(14)4-7(13)6-15-12/h2-6H,1H3,(H,15,16). The van der Waals surface area contributed by atoms with Crippen LogP contribution in [0.2, 0.25) is 10.0 Å². The summed E-state index contributed by atoms with van der Waals surface area (Å²) in [5.41, 5.74) is 0.115. The number of rotatable bonds is 4. The Balaban J connectivity index is 2.40. The Kier molecular flexibility index (Phi) is 4.26. The minimum atomic E-state index is -0.519.